The highest BCUT2D eigenvalue weighted by molar-refractivity contribution is 5.63. The van der Waals surface area contributed by atoms with Crippen LogP contribution < -0.4 is 10.6 Å². The molecule has 2 aromatic carbocycles. The van der Waals surface area contributed by atoms with Crippen LogP contribution in [0.1, 0.15) is 5.56 Å². The monoisotopic (exact) mass is 293 g/mol. The highest BCUT2D eigenvalue weighted by Crippen LogP contribution is 2.24. The van der Waals surface area contributed by atoms with Crippen LogP contribution in [0.25, 0.3) is 0 Å². The quantitative estimate of drug-likeness (QED) is 0.653. The van der Waals surface area contributed by atoms with Crippen LogP contribution >= 0.6 is 0 Å². The fourth-order valence-corrected chi connectivity index (χ4v) is 1.82. The first-order chi connectivity index (χ1) is 9.99. The van der Waals surface area contributed by atoms with Crippen molar-refractivity contribution in [1.29, 1.82) is 0 Å². The first kappa shape index (κ1) is 14.7. The van der Waals surface area contributed by atoms with E-state index in [1.54, 1.807) is 13.1 Å². The maximum Gasteiger partial charge on any atom is 0.273 e. The first-order valence-corrected chi connectivity index (χ1v) is 6.14. The molecule has 0 heterocycles. The van der Waals surface area contributed by atoms with Gasteiger partial charge in [0.05, 0.1) is 4.92 Å². The van der Waals surface area contributed by atoms with E-state index in [9.17, 15) is 18.9 Å². The minimum absolute atomic E-state index is 0.0605. The average Bonchev–Trinajstić information content (AvgIpc) is 2.48. The number of nitro groups is 1. The zero-order chi connectivity index (χ0) is 15.4. The van der Waals surface area contributed by atoms with Gasteiger partial charge in [-0.15, -0.1) is 0 Å². The molecule has 7 heteroatoms. The predicted octanol–water partition coefficient (Wildman–Crippen LogP) is 3.53. The van der Waals surface area contributed by atoms with Crippen molar-refractivity contribution in [3.63, 3.8) is 0 Å². The molecule has 110 valence electrons. The Morgan fingerprint density at radius 3 is 2.43 bits per heavy atom. The number of non-ortho nitro benzene ring substituents is 1. The smallest absolute Gasteiger partial charge is 0.273 e. The van der Waals surface area contributed by atoms with Crippen molar-refractivity contribution in [3.8, 4) is 0 Å². The molecular formula is C14H13F2N3O2. The molecule has 2 rings (SSSR count). The molecule has 0 unspecified atom stereocenters. The van der Waals surface area contributed by atoms with Gasteiger partial charge in [0.25, 0.3) is 5.69 Å². The number of nitro benzene ring substituents is 1. The number of rotatable bonds is 5. The van der Waals surface area contributed by atoms with Crippen LogP contribution in [0, 0.1) is 21.7 Å². The Morgan fingerprint density at radius 1 is 1.10 bits per heavy atom. The molecule has 0 radical (unpaired) electrons. The van der Waals surface area contributed by atoms with Crippen LogP contribution in [0.3, 0.4) is 0 Å². The van der Waals surface area contributed by atoms with Crippen molar-refractivity contribution in [2.45, 2.75) is 6.54 Å². The Bertz CT molecular complexity index is 677. The molecule has 0 aliphatic rings. The summed E-state index contributed by atoms with van der Waals surface area (Å²) in [4.78, 5) is 10.3. The second-order valence-electron chi connectivity index (χ2n) is 4.38. The lowest BCUT2D eigenvalue weighted by Gasteiger charge is -2.09. The van der Waals surface area contributed by atoms with Gasteiger partial charge in [-0.05, 0) is 23.8 Å². The fraction of sp³-hybridized carbons (Fsp3) is 0.143. The van der Waals surface area contributed by atoms with E-state index >= 15 is 0 Å². The molecule has 21 heavy (non-hydrogen) atoms. The van der Waals surface area contributed by atoms with Crippen LogP contribution in [-0.2, 0) is 6.54 Å². The van der Waals surface area contributed by atoms with Gasteiger partial charge in [0.1, 0.15) is 0 Å². The average molecular weight is 293 g/mol. The van der Waals surface area contributed by atoms with Crippen molar-refractivity contribution in [1.82, 2.24) is 0 Å². The third-order valence-corrected chi connectivity index (χ3v) is 2.90. The molecule has 0 saturated heterocycles. The summed E-state index contributed by atoms with van der Waals surface area (Å²) in [6.45, 7) is 0.224. The van der Waals surface area contributed by atoms with Gasteiger partial charge in [0.15, 0.2) is 11.6 Å². The number of nitrogens with zero attached hydrogens (tertiary/aromatic N) is 1. The van der Waals surface area contributed by atoms with Crippen LogP contribution in [0.15, 0.2) is 36.4 Å². The zero-order valence-electron chi connectivity index (χ0n) is 11.2. The summed E-state index contributed by atoms with van der Waals surface area (Å²) >= 11 is 0. The van der Waals surface area contributed by atoms with Gasteiger partial charge in [0, 0.05) is 37.1 Å². The van der Waals surface area contributed by atoms with Gasteiger partial charge in [0.2, 0.25) is 0 Å². The fourth-order valence-electron chi connectivity index (χ4n) is 1.82. The number of nitrogens with one attached hydrogen (secondary N) is 2. The van der Waals surface area contributed by atoms with Crippen molar-refractivity contribution in [2.24, 2.45) is 0 Å². The highest BCUT2D eigenvalue weighted by Gasteiger charge is 2.09. The molecule has 0 aliphatic heterocycles. The Labute approximate surface area is 119 Å². The summed E-state index contributed by atoms with van der Waals surface area (Å²) in [6.07, 6.45) is 0. The van der Waals surface area contributed by atoms with E-state index in [1.165, 1.54) is 18.2 Å². The summed E-state index contributed by atoms with van der Waals surface area (Å²) in [5, 5.41) is 16.6. The second-order valence-corrected chi connectivity index (χ2v) is 4.38. The minimum atomic E-state index is -0.927. The van der Waals surface area contributed by atoms with Crippen LogP contribution in [-0.4, -0.2) is 12.0 Å². The van der Waals surface area contributed by atoms with Gasteiger partial charge in [-0.1, -0.05) is 6.07 Å². The number of hydrogen-bond donors (Lipinski definition) is 2. The van der Waals surface area contributed by atoms with Gasteiger partial charge >= 0.3 is 0 Å². The Hall–Kier alpha value is -2.70. The van der Waals surface area contributed by atoms with Crippen molar-refractivity contribution in [2.75, 3.05) is 17.7 Å². The maximum absolute atomic E-state index is 13.1. The topological polar surface area (TPSA) is 67.2 Å². The van der Waals surface area contributed by atoms with Gasteiger partial charge in [-0.2, -0.15) is 0 Å². The summed E-state index contributed by atoms with van der Waals surface area (Å²) in [7, 11) is 1.65. The maximum atomic E-state index is 13.1. The number of benzene rings is 2. The molecule has 0 aliphatic carbocycles. The third kappa shape index (κ3) is 3.65. The molecule has 2 aromatic rings. The molecule has 0 fully saturated rings. The van der Waals surface area contributed by atoms with Gasteiger partial charge in [-0.3, -0.25) is 10.1 Å². The van der Waals surface area contributed by atoms with E-state index in [2.05, 4.69) is 10.6 Å². The number of halogens is 2. The minimum Gasteiger partial charge on any atom is -0.388 e. The summed E-state index contributed by atoms with van der Waals surface area (Å²) in [6, 6.07) is 8.04. The normalized spacial score (nSPS) is 10.2. The Kier molecular flexibility index (Phi) is 4.32. The number of anilines is 2. The Balaban J connectivity index is 2.17. The van der Waals surface area contributed by atoms with E-state index in [1.807, 2.05) is 0 Å². The third-order valence-electron chi connectivity index (χ3n) is 2.90. The summed E-state index contributed by atoms with van der Waals surface area (Å²) in [5.41, 5.74) is 1.57. The molecule has 0 spiro atoms. The highest BCUT2D eigenvalue weighted by atomic mass is 19.2. The summed E-state index contributed by atoms with van der Waals surface area (Å²) < 4.78 is 25.9. The summed E-state index contributed by atoms with van der Waals surface area (Å²) in [5.74, 6) is -1.84. The van der Waals surface area contributed by atoms with E-state index < -0.39 is 16.6 Å². The standard InChI is InChI=1S/C14H13F2N3O2/c1-17-10-5-11(7-12(6-10)19(20)21)18-8-9-2-3-13(15)14(16)4-9/h2-7,17-18H,8H2,1H3. The van der Waals surface area contributed by atoms with E-state index in [0.717, 1.165) is 12.1 Å². The molecule has 0 bridgehead atoms. The van der Waals surface area contributed by atoms with E-state index in [0.29, 0.717) is 16.9 Å². The molecule has 0 aromatic heterocycles. The first-order valence-electron chi connectivity index (χ1n) is 6.14. The van der Waals surface area contributed by atoms with E-state index in [-0.39, 0.29) is 12.2 Å². The number of hydrogen-bond acceptors (Lipinski definition) is 4. The lowest BCUT2D eigenvalue weighted by molar-refractivity contribution is -0.384. The lowest BCUT2D eigenvalue weighted by atomic mass is 10.2. The lowest BCUT2D eigenvalue weighted by Crippen LogP contribution is -2.02. The van der Waals surface area contributed by atoms with E-state index in [4.69, 9.17) is 0 Å². The van der Waals surface area contributed by atoms with Gasteiger partial charge < -0.3 is 10.6 Å². The van der Waals surface area contributed by atoms with Crippen LogP contribution in [0.4, 0.5) is 25.8 Å². The Morgan fingerprint density at radius 2 is 1.81 bits per heavy atom. The molecule has 0 amide bonds. The molecular weight excluding hydrogens is 280 g/mol. The second kappa shape index (κ2) is 6.17. The molecule has 0 saturated carbocycles. The molecule has 2 N–H and O–H groups in total. The zero-order valence-corrected chi connectivity index (χ0v) is 11.2. The predicted molar refractivity (Wildman–Crippen MR) is 76.3 cm³/mol. The SMILES string of the molecule is CNc1cc(NCc2ccc(F)c(F)c2)cc([N+](=O)[O-])c1. The molecule has 0 atom stereocenters. The van der Waals surface area contributed by atoms with Crippen LogP contribution in [0.2, 0.25) is 0 Å². The molecule has 5 nitrogen and oxygen atoms in total. The van der Waals surface area contributed by atoms with Crippen molar-refractivity contribution in [3.05, 3.63) is 63.7 Å². The van der Waals surface area contributed by atoms with Crippen molar-refractivity contribution < 1.29 is 13.7 Å². The van der Waals surface area contributed by atoms with Gasteiger partial charge in [-0.25, -0.2) is 8.78 Å². The van der Waals surface area contributed by atoms with Crippen LogP contribution in [0.5, 0.6) is 0 Å². The van der Waals surface area contributed by atoms with Crippen molar-refractivity contribution >= 4 is 17.1 Å². The largest absolute Gasteiger partial charge is 0.388 e.